The monoisotopic (exact) mass is 362 g/mol. The fourth-order valence-corrected chi connectivity index (χ4v) is 2.78. The third-order valence-electron chi connectivity index (χ3n) is 3.32. The second kappa shape index (κ2) is 5.38. The van der Waals surface area contributed by atoms with Crippen LogP contribution in [0.1, 0.15) is 10.4 Å². The number of fused-ring (bicyclic) bond motifs is 1. The zero-order valence-corrected chi connectivity index (χ0v) is 13.1. The van der Waals surface area contributed by atoms with Crippen LogP contribution in [0.5, 0.6) is 0 Å². The Hall–Kier alpha value is -2.48. The Morgan fingerprint density at radius 1 is 1.27 bits per heavy atom. The molecule has 0 radical (unpaired) electrons. The normalized spacial score (nSPS) is 11.0. The summed E-state index contributed by atoms with van der Waals surface area (Å²) in [7, 11) is 1.48. The van der Waals surface area contributed by atoms with Gasteiger partial charge in [-0.15, -0.1) is 0 Å². The Balaban J connectivity index is 2.17. The van der Waals surface area contributed by atoms with Gasteiger partial charge in [0.25, 0.3) is 5.56 Å². The number of aromatic nitrogens is 4. The van der Waals surface area contributed by atoms with Gasteiger partial charge in [-0.1, -0.05) is 30.3 Å². The number of carbonyl (C=O) groups is 1. The smallest absolute Gasteiger partial charge is 0.279 e. The number of hydrogen-bond acceptors (Lipinski definition) is 4. The number of nitrogens with one attached hydrogen (secondary N) is 1. The molecule has 22 heavy (non-hydrogen) atoms. The topological polar surface area (TPSA) is 89.8 Å². The number of rotatable bonds is 2. The fraction of sp³-hybridized carbons (Fsp3) is 0.143. The van der Waals surface area contributed by atoms with Crippen LogP contribution in [0.25, 0.3) is 11.2 Å². The first-order valence-corrected chi connectivity index (χ1v) is 7.22. The maximum Gasteiger partial charge on any atom is 0.329 e. The summed E-state index contributed by atoms with van der Waals surface area (Å²) in [5, 5.41) is 0. The Morgan fingerprint density at radius 3 is 2.64 bits per heavy atom. The molecule has 0 atom stereocenters. The number of benzene rings is 1. The second-order valence-corrected chi connectivity index (χ2v) is 5.47. The molecule has 0 amide bonds. The van der Waals surface area contributed by atoms with E-state index in [1.54, 1.807) is 0 Å². The predicted molar refractivity (Wildman–Crippen MR) is 84.1 cm³/mol. The van der Waals surface area contributed by atoms with Gasteiger partial charge in [-0.05, 0) is 21.5 Å². The number of imidazole rings is 1. The van der Waals surface area contributed by atoms with Gasteiger partial charge in [0.1, 0.15) is 0 Å². The lowest BCUT2D eigenvalue weighted by atomic mass is 10.1. The summed E-state index contributed by atoms with van der Waals surface area (Å²) in [5.41, 5.74) is -0.192. The van der Waals surface area contributed by atoms with E-state index >= 15 is 0 Å². The van der Waals surface area contributed by atoms with Gasteiger partial charge in [0.05, 0.1) is 6.42 Å². The van der Waals surface area contributed by atoms with Crippen molar-refractivity contribution in [2.24, 2.45) is 7.05 Å². The summed E-state index contributed by atoms with van der Waals surface area (Å²) in [6, 6.07) is 9.17. The van der Waals surface area contributed by atoms with Crippen LogP contribution in [-0.4, -0.2) is 25.0 Å². The molecule has 3 aromatic rings. The highest BCUT2D eigenvalue weighted by Crippen LogP contribution is 2.17. The molecule has 7 nitrogen and oxygen atoms in total. The highest BCUT2D eigenvalue weighted by molar-refractivity contribution is 9.10. The van der Waals surface area contributed by atoms with E-state index in [0.29, 0.717) is 0 Å². The third-order valence-corrected chi connectivity index (χ3v) is 3.86. The predicted octanol–water partition coefficient (Wildman–Crippen LogP) is 1.07. The number of H-pyrrole nitrogens is 1. The number of nitrogens with zero attached hydrogens (tertiary/aromatic N) is 3. The number of halogens is 1. The largest absolute Gasteiger partial charge is 0.329 e. The maximum atomic E-state index is 12.5. The standard InChI is InChI=1S/C14H11BrN4O3/c1-18-11-10(12(21)17-14(18)22)19(13(15)16-11)9(20)7-8-5-3-2-4-6-8/h2-6H,7H2,1H3,(H,17,21,22). The van der Waals surface area contributed by atoms with Gasteiger partial charge in [0, 0.05) is 7.05 Å². The Bertz CT molecular complexity index is 985. The van der Waals surface area contributed by atoms with Crippen LogP contribution in [0.4, 0.5) is 0 Å². The van der Waals surface area contributed by atoms with Crippen LogP contribution >= 0.6 is 15.9 Å². The molecule has 3 rings (SSSR count). The summed E-state index contributed by atoms with van der Waals surface area (Å²) in [6.45, 7) is 0. The molecule has 0 unspecified atom stereocenters. The van der Waals surface area contributed by atoms with Crippen molar-refractivity contribution in [1.29, 1.82) is 0 Å². The van der Waals surface area contributed by atoms with Crippen molar-refractivity contribution in [2.75, 3.05) is 0 Å². The second-order valence-electron chi connectivity index (χ2n) is 4.76. The van der Waals surface area contributed by atoms with Gasteiger partial charge >= 0.3 is 5.69 Å². The summed E-state index contributed by atoms with van der Waals surface area (Å²) >= 11 is 3.18. The van der Waals surface area contributed by atoms with Crippen molar-refractivity contribution in [3.05, 3.63) is 61.5 Å². The summed E-state index contributed by atoms with van der Waals surface area (Å²) in [4.78, 5) is 42.4. The highest BCUT2D eigenvalue weighted by Gasteiger charge is 2.20. The van der Waals surface area contributed by atoms with Crippen molar-refractivity contribution >= 4 is 33.0 Å². The Kier molecular flexibility index (Phi) is 3.53. The van der Waals surface area contributed by atoms with Gasteiger partial charge in [-0.25, -0.2) is 14.3 Å². The minimum absolute atomic E-state index is 0.0508. The van der Waals surface area contributed by atoms with E-state index in [0.717, 1.165) is 5.56 Å². The first kappa shape index (κ1) is 14.5. The van der Waals surface area contributed by atoms with E-state index in [2.05, 4.69) is 25.9 Å². The lowest BCUT2D eigenvalue weighted by Gasteiger charge is -2.04. The molecular weight excluding hydrogens is 352 g/mol. The van der Waals surface area contributed by atoms with E-state index in [1.165, 1.54) is 16.2 Å². The van der Waals surface area contributed by atoms with Crippen molar-refractivity contribution < 1.29 is 4.79 Å². The summed E-state index contributed by atoms with van der Waals surface area (Å²) < 4.78 is 2.56. The lowest BCUT2D eigenvalue weighted by Crippen LogP contribution is -2.30. The van der Waals surface area contributed by atoms with Gasteiger partial charge in [0.15, 0.2) is 15.9 Å². The molecule has 0 fully saturated rings. The molecule has 2 heterocycles. The minimum Gasteiger partial charge on any atom is -0.279 e. The Labute approximate surface area is 132 Å². The number of aromatic amines is 1. The fourth-order valence-electron chi connectivity index (χ4n) is 2.23. The molecule has 2 aromatic heterocycles. The molecular formula is C14H11BrN4O3. The number of aryl methyl sites for hydroxylation is 1. The van der Waals surface area contributed by atoms with E-state index in [9.17, 15) is 14.4 Å². The van der Waals surface area contributed by atoms with Crippen molar-refractivity contribution in [2.45, 2.75) is 6.42 Å². The first-order chi connectivity index (χ1) is 10.5. The molecule has 0 aliphatic rings. The highest BCUT2D eigenvalue weighted by atomic mass is 79.9. The maximum absolute atomic E-state index is 12.5. The SMILES string of the molecule is Cn1c(=O)[nH]c(=O)c2c1nc(Br)n2C(=O)Cc1ccccc1. The van der Waals surface area contributed by atoms with Crippen molar-refractivity contribution in [1.82, 2.24) is 19.1 Å². The van der Waals surface area contributed by atoms with E-state index < -0.39 is 11.2 Å². The van der Waals surface area contributed by atoms with Crippen LogP contribution in [0.15, 0.2) is 44.7 Å². The van der Waals surface area contributed by atoms with Gasteiger partial charge < -0.3 is 0 Å². The average molecular weight is 363 g/mol. The summed E-state index contributed by atoms with van der Waals surface area (Å²) in [6.07, 6.45) is 0.118. The molecule has 0 spiro atoms. The molecule has 8 heteroatoms. The van der Waals surface area contributed by atoms with Gasteiger partial charge in [0.2, 0.25) is 5.91 Å². The van der Waals surface area contributed by atoms with Crippen LogP contribution < -0.4 is 11.2 Å². The van der Waals surface area contributed by atoms with Crippen molar-refractivity contribution in [3.8, 4) is 0 Å². The van der Waals surface area contributed by atoms with Crippen molar-refractivity contribution in [3.63, 3.8) is 0 Å². The van der Waals surface area contributed by atoms with Gasteiger partial charge in [-0.3, -0.25) is 19.1 Å². The van der Waals surface area contributed by atoms with Crippen LogP contribution in [-0.2, 0) is 13.5 Å². The van der Waals surface area contributed by atoms with Gasteiger partial charge in [-0.2, -0.15) is 0 Å². The zero-order chi connectivity index (χ0) is 15.9. The average Bonchev–Trinajstić information content (AvgIpc) is 2.84. The quantitative estimate of drug-likeness (QED) is 0.690. The molecule has 0 saturated carbocycles. The van der Waals surface area contributed by atoms with Crippen LogP contribution in [0.3, 0.4) is 0 Å². The molecule has 112 valence electrons. The molecule has 1 N–H and O–H groups in total. The zero-order valence-electron chi connectivity index (χ0n) is 11.5. The van der Waals surface area contributed by atoms with Crippen LogP contribution in [0, 0.1) is 0 Å². The molecule has 1 aromatic carbocycles. The number of hydrogen-bond donors (Lipinski definition) is 1. The lowest BCUT2D eigenvalue weighted by molar-refractivity contribution is 0.0916. The van der Waals surface area contributed by atoms with Crippen LogP contribution in [0.2, 0.25) is 0 Å². The van der Waals surface area contributed by atoms with E-state index in [-0.39, 0.29) is 28.2 Å². The minimum atomic E-state index is -0.641. The van der Waals surface area contributed by atoms with E-state index in [4.69, 9.17) is 0 Å². The molecule has 0 aliphatic carbocycles. The van der Waals surface area contributed by atoms with E-state index in [1.807, 2.05) is 30.3 Å². The first-order valence-electron chi connectivity index (χ1n) is 6.43. The number of carbonyl (C=O) groups excluding carboxylic acids is 1. The molecule has 0 bridgehead atoms. The Morgan fingerprint density at radius 2 is 1.95 bits per heavy atom. The molecule has 0 aliphatic heterocycles. The molecule has 0 saturated heterocycles. The summed E-state index contributed by atoms with van der Waals surface area (Å²) in [5.74, 6) is -0.315. The third kappa shape index (κ3) is 2.31.